The van der Waals surface area contributed by atoms with Crippen molar-refractivity contribution in [1.29, 1.82) is 0 Å². The highest BCUT2D eigenvalue weighted by Gasteiger charge is 2.07. The first kappa shape index (κ1) is 12.9. The van der Waals surface area contributed by atoms with E-state index in [2.05, 4.69) is 40.3 Å². The predicted molar refractivity (Wildman–Crippen MR) is 73.6 cm³/mol. The van der Waals surface area contributed by atoms with Crippen LogP contribution in [-0.2, 0) is 6.42 Å². The fourth-order valence-electron chi connectivity index (χ4n) is 1.71. The van der Waals surface area contributed by atoms with E-state index < -0.39 is 0 Å². The summed E-state index contributed by atoms with van der Waals surface area (Å²) in [5.74, 6) is 0.175. The third-order valence-corrected chi connectivity index (χ3v) is 3.23. The second kappa shape index (κ2) is 5.87. The lowest BCUT2D eigenvalue weighted by atomic mass is 10.1. The number of rotatable bonds is 4. The number of carbonyl (C=O) groups is 1. The third kappa shape index (κ3) is 3.23. The summed E-state index contributed by atoms with van der Waals surface area (Å²) in [6, 6.07) is 9.51. The zero-order chi connectivity index (χ0) is 13.0. The van der Waals surface area contributed by atoms with Crippen molar-refractivity contribution in [2.75, 3.05) is 6.54 Å². The van der Waals surface area contributed by atoms with Crippen molar-refractivity contribution in [3.63, 3.8) is 0 Å². The zero-order valence-corrected chi connectivity index (χ0v) is 11.7. The highest BCUT2D eigenvalue weighted by molar-refractivity contribution is 9.10. The van der Waals surface area contributed by atoms with Gasteiger partial charge in [-0.05, 0) is 48.7 Å². The molecule has 1 heterocycles. The van der Waals surface area contributed by atoms with Gasteiger partial charge in [0.15, 0.2) is 5.76 Å². The molecule has 0 spiro atoms. The summed E-state index contributed by atoms with van der Waals surface area (Å²) in [5.41, 5.74) is 2.45. The van der Waals surface area contributed by atoms with Crippen molar-refractivity contribution in [2.24, 2.45) is 0 Å². The van der Waals surface area contributed by atoms with Crippen LogP contribution in [0.2, 0.25) is 0 Å². The molecule has 94 valence electrons. The maximum absolute atomic E-state index is 11.6. The van der Waals surface area contributed by atoms with Gasteiger partial charge in [-0.3, -0.25) is 4.79 Å². The van der Waals surface area contributed by atoms with Gasteiger partial charge in [0.2, 0.25) is 0 Å². The largest absolute Gasteiger partial charge is 0.459 e. The van der Waals surface area contributed by atoms with Gasteiger partial charge in [-0.15, -0.1) is 0 Å². The van der Waals surface area contributed by atoms with Gasteiger partial charge in [0.25, 0.3) is 5.91 Å². The van der Waals surface area contributed by atoms with Gasteiger partial charge >= 0.3 is 0 Å². The number of amides is 1. The summed E-state index contributed by atoms with van der Waals surface area (Å²) in [6.45, 7) is 2.66. The normalized spacial score (nSPS) is 10.3. The molecule has 2 aromatic rings. The van der Waals surface area contributed by atoms with Crippen LogP contribution in [0.5, 0.6) is 0 Å². The van der Waals surface area contributed by atoms with Crippen LogP contribution in [0.15, 0.2) is 45.5 Å². The summed E-state index contributed by atoms with van der Waals surface area (Å²) >= 11 is 3.45. The lowest BCUT2D eigenvalue weighted by molar-refractivity contribution is 0.0926. The Morgan fingerprint density at radius 2 is 2.22 bits per heavy atom. The molecule has 0 saturated carbocycles. The first-order valence-corrected chi connectivity index (χ1v) is 6.53. The van der Waals surface area contributed by atoms with Crippen LogP contribution >= 0.6 is 15.9 Å². The Morgan fingerprint density at radius 3 is 2.94 bits per heavy atom. The van der Waals surface area contributed by atoms with Crippen molar-refractivity contribution in [3.05, 3.63) is 58.0 Å². The number of aryl methyl sites for hydroxylation is 1. The van der Waals surface area contributed by atoms with Gasteiger partial charge in [0.05, 0.1) is 6.26 Å². The molecule has 2 rings (SSSR count). The van der Waals surface area contributed by atoms with Crippen LogP contribution in [-0.4, -0.2) is 12.5 Å². The van der Waals surface area contributed by atoms with Crippen LogP contribution < -0.4 is 5.32 Å². The Balaban J connectivity index is 1.89. The molecule has 1 aromatic carbocycles. The molecule has 0 unspecified atom stereocenters. The molecule has 0 aliphatic carbocycles. The second-order valence-corrected chi connectivity index (χ2v) is 4.97. The summed E-state index contributed by atoms with van der Waals surface area (Å²) in [4.78, 5) is 11.6. The van der Waals surface area contributed by atoms with E-state index in [0.717, 1.165) is 10.9 Å². The lowest BCUT2D eigenvalue weighted by Gasteiger charge is -2.07. The molecule has 0 aliphatic rings. The fourth-order valence-corrected chi connectivity index (χ4v) is 2.12. The van der Waals surface area contributed by atoms with E-state index in [1.807, 2.05) is 6.07 Å². The summed E-state index contributed by atoms with van der Waals surface area (Å²) < 4.78 is 6.08. The monoisotopic (exact) mass is 307 g/mol. The minimum absolute atomic E-state index is 0.173. The van der Waals surface area contributed by atoms with Gasteiger partial charge in [0, 0.05) is 11.0 Å². The second-order valence-electron chi connectivity index (χ2n) is 4.05. The molecule has 0 aliphatic heterocycles. The molecule has 0 saturated heterocycles. The predicted octanol–water partition coefficient (Wildman–Crippen LogP) is 3.32. The third-order valence-electron chi connectivity index (χ3n) is 2.74. The Labute approximate surface area is 114 Å². The molecule has 1 N–H and O–H groups in total. The molecule has 3 nitrogen and oxygen atoms in total. The average Bonchev–Trinajstić information content (AvgIpc) is 2.87. The van der Waals surface area contributed by atoms with Crippen molar-refractivity contribution in [2.45, 2.75) is 13.3 Å². The molecule has 18 heavy (non-hydrogen) atoms. The smallest absolute Gasteiger partial charge is 0.286 e. The molecule has 0 fully saturated rings. The van der Waals surface area contributed by atoms with Crippen LogP contribution in [0, 0.1) is 6.92 Å². The maximum Gasteiger partial charge on any atom is 0.286 e. The fraction of sp³-hybridized carbons (Fsp3) is 0.214. The lowest BCUT2D eigenvalue weighted by Crippen LogP contribution is -2.25. The van der Waals surface area contributed by atoms with Gasteiger partial charge in [-0.1, -0.05) is 22.0 Å². The van der Waals surface area contributed by atoms with E-state index in [0.29, 0.717) is 12.3 Å². The van der Waals surface area contributed by atoms with E-state index >= 15 is 0 Å². The minimum Gasteiger partial charge on any atom is -0.459 e. The Bertz CT molecular complexity index is 535. The molecule has 0 bridgehead atoms. The van der Waals surface area contributed by atoms with E-state index in [1.165, 1.54) is 17.4 Å². The van der Waals surface area contributed by atoms with Crippen LogP contribution in [0.3, 0.4) is 0 Å². The number of halogens is 1. The number of nitrogens with one attached hydrogen (secondary N) is 1. The Hall–Kier alpha value is -1.55. The van der Waals surface area contributed by atoms with E-state index in [4.69, 9.17) is 4.42 Å². The van der Waals surface area contributed by atoms with Gasteiger partial charge < -0.3 is 9.73 Å². The standard InChI is InChI=1S/C14H14BrNO2/c1-10-4-5-12(15)9-11(10)6-7-16-14(17)13-3-2-8-18-13/h2-5,8-9H,6-7H2,1H3,(H,16,17). The average molecular weight is 308 g/mol. The first-order chi connectivity index (χ1) is 8.66. The Kier molecular flexibility index (Phi) is 4.20. The summed E-state index contributed by atoms with van der Waals surface area (Å²) in [6.07, 6.45) is 2.30. The maximum atomic E-state index is 11.6. The van der Waals surface area contributed by atoms with Crippen molar-refractivity contribution in [1.82, 2.24) is 5.32 Å². The highest BCUT2D eigenvalue weighted by Crippen LogP contribution is 2.16. The quantitative estimate of drug-likeness (QED) is 0.941. The van der Waals surface area contributed by atoms with Gasteiger partial charge in [-0.25, -0.2) is 0 Å². The molecule has 0 radical (unpaired) electrons. The topological polar surface area (TPSA) is 42.2 Å². The number of furan rings is 1. The zero-order valence-electron chi connectivity index (χ0n) is 10.1. The van der Waals surface area contributed by atoms with E-state index in [1.54, 1.807) is 12.1 Å². The summed E-state index contributed by atoms with van der Waals surface area (Å²) in [5, 5.41) is 2.83. The minimum atomic E-state index is -0.173. The van der Waals surface area contributed by atoms with E-state index in [9.17, 15) is 4.79 Å². The molecule has 1 amide bonds. The van der Waals surface area contributed by atoms with Gasteiger partial charge in [0.1, 0.15) is 0 Å². The van der Waals surface area contributed by atoms with E-state index in [-0.39, 0.29) is 5.91 Å². The highest BCUT2D eigenvalue weighted by atomic mass is 79.9. The summed E-state index contributed by atoms with van der Waals surface area (Å²) in [7, 11) is 0. The van der Waals surface area contributed by atoms with Crippen LogP contribution in [0.25, 0.3) is 0 Å². The van der Waals surface area contributed by atoms with Crippen LogP contribution in [0.1, 0.15) is 21.7 Å². The van der Waals surface area contributed by atoms with Crippen molar-refractivity contribution in [3.8, 4) is 0 Å². The number of carbonyl (C=O) groups excluding carboxylic acids is 1. The first-order valence-electron chi connectivity index (χ1n) is 5.73. The Morgan fingerprint density at radius 1 is 1.39 bits per heavy atom. The molecule has 1 aromatic heterocycles. The number of hydrogen-bond donors (Lipinski definition) is 1. The van der Waals surface area contributed by atoms with Crippen LogP contribution in [0.4, 0.5) is 0 Å². The molecule has 0 atom stereocenters. The SMILES string of the molecule is Cc1ccc(Br)cc1CCNC(=O)c1ccco1. The van der Waals surface area contributed by atoms with Crippen molar-refractivity contribution < 1.29 is 9.21 Å². The number of benzene rings is 1. The number of hydrogen-bond acceptors (Lipinski definition) is 2. The van der Waals surface area contributed by atoms with Crippen molar-refractivity contribution >= 4 is 21.8 Å². The van der Waals surface area contributed by atoms with Gasteiger partial charge in [-0.2, -0.15) is 0 Å². The molecule has 4 heteroatoms. The molecular formula is C14H14BrNO2. The molecular weight excluding hydrogens is 294 g/mol.